The van der Waals surface area contributed by atoms with Crippen molar-refractivity contribution in [3.8, 4) is 33.9 Å². The highest BCUT2D eigenvalue weighted by Crippen LogP contribution is 2.44. The summed E-state index contributed by atoms with van der Waals surface area (Å²) in [5.74, 6) is 2.09. The molecular weight excluding hydrogens is 603 g/mol. The first kappa shape index (κ1) is 27.8. The maximum atomic E-state index is 6.62. The summed E-state index contributed by atoms with van der Waals surface area (Å²) in [6.45, 7) is 2.26. The molecule has 2 atom stereocenters. The third kappa shape index (κ3) is 4.36. The van der Waals surface area contributed by atoms with E-state index < -0.39 is 0 Å². The van der Waals surface area contributed by atoms with Gasteiger partial charge in [-0.05, 0) is 52.9 Å². The van der Waals surface area contributed by atoms with Gasteiger partial charge in [0.15, 0.2) is 11.6 Å². The highest BCUT2D eigenvalue weighted by molar-refractivity contribution is 6.16. The summed E-state index contributed by atoms with van der Waals surface area (Å²) < 4.78 is 12.9. The van der Waals surface area contributed by atoms with Crippen molar-refractivity contribution in [2.45, 2.75) is 18.8 Å². The van der Waals surface area contributed by atoms with Crippen molar-refractivity contribution in [2.75, 3.05) is 0 Å². The topological polar surface area (TPSA) is 65.0 Å². The van der Waals surface area contributed by atoms with Crippen molar-refractivity contribution in [1.82, 2.24) is 15.0 Å². The van der Waals surface area contributed by atoms with Crippen molar-refractivity contribution in [3.63, 3.8) is 0 Å². The molecular formula is C44H29N3O2. The lowest BCUT2D eigenvalue weighted by Gasteiger charge is -2.26. The molecule has 0 fully saturated rings. The van der Waals surface area contributed by atoms with E-state index in [4.69, 9.17) is 23.8 Å². The van der Waals surface area contributed by atoms with E-state index >= 15 is 0 Å². The van der Waals surface area contributed by atoms with Gasteiger partial charge >= 0.3 is 0 Å². The summed E-state index contributed by atoms with van der Waals surface area (Å²) in [6, 6.07) is 45.7. The van der Waals surface area contributed by atoms with Crippen molar-refractivity contribution in [2.24, 2.45) is 0 Å². The van der Waals surface area contributed by atoms with Gasteiger partial charge in [-0.2, -0.15) is 0 Å². The first-order chi connectivity index (χ1) is 24.2. The summed E-state index contributed by atoms with van der Waals surface area (Å²) >= 11 is 0. The molecule has 0 saturated carbocycles. The molecule has 0 radical (unpaired) electrons. The zero-order valence-electron chi connectivity index (χ0n) is 26.7. The number of rotatable bonds is 4. The van der Waals surface area contributed by atoms with Crippen LogP contribution >= 0.6 is 0 Å². The molecule has 0 spiro atoms. The number of allylic oxidation sites excluding steroid dienone is 1. The van der Waals surface area contributed by atoms with Gasteiger partial charge in [0.2, 0.25) is 0 Å². The Morgan fingerprint density at radius 1 is 0.510 bits per heavy atom. The fraction of sp³-hybridized carbons (Fsp3) is 0.0682. The second-order valence-corrected chi connectivity index (χ2v) is 12.7. The van der Waals surface area contributed by atoms with Crippen LogP contribution in [0.5, 0.6) is 0 Å². The lowest BCUT2D eigenvalue weighted by atomic mass is 9.80. The summed E-state index contributed by atoms with van der Waals surface area (Å²) in [6.07, 6.45) is 4.44. The van der Waals surface area contributed by atoms with Gasteiger partial charge in [0.25, 0.3) is 0 Å². The molecule has 1 aliphatic carbocycles. The standard InChI is InChI=1S/C44H29N3O2/c1-26-29-15-6-5-14-28(29)22-23-30(26)42-45-43(34-18-11-21-38-39(34)32-16-7-9-19-36(32)48-38)47-44(46-42)35-25-24-31(27-12-3-2-4-13-27)41-40(35)33-17-8-10-20-37(33)49-41/h2-26,30H,1H3. The molecule has 10 rings (SSSR count). The molecule has 0 aliphatic heterocycles. The first-order valence-electron chi connectivity index (χ1n) is 16.6. The Balaban J connectivity index is 1.26. The minimum absolute atomic E-state index is 0.0455. The van der Waals surface area contributed by atoms with Crippen LogP contribution in [0.25, 0.3) is 83.9 Å². The smallest absolute Gasteiger partial charge is 0.164 e. The lowest BCUT2D eigenvalue weighted by Crippen LogP contribution is -2.15. The number of nitrogens with zero attached hydrogens (tertiary/aromatic N) is 3. The van der Waals surface area contributed by atoms with Crippen LogP contribution in [-0.2, 0) is 0 Å². The highest BCUT2D eigenvalue weighted by Gasteiger charge is 2.29. The Morgan fingerprint density at radius 3 is 1.96 bits per heavy atom. The molecule has 0 saturated heterocycles. The van der Waals surface area contributed by atoms with E-state index in [2.05, 4.69) is 104 Å². The van der Waals surface area contributed by atoms with E-state index in [0.29, 0.717) is 11.6 Å². The Kier molecular flexibility index (Phi) is 6.15. The Labute approximate surface area is 282 Å². The molecule has 0 N–H and O–H groups in total. The van der Waals surface area contributed by atoms with Crippen LogP contribution in [0.15, 0.2) is 148 Å². The zero-order chi connectivity index (χ0) is 32.5. The maximum absolute atomic E-state index is 6.62. The fourth-order valence-electron chi connectivity index (χ4n) is 7.56. The third-order valence-corrected chi connectivity index (χ3v) is 9.95. The van der Waals surface area contributed by atoms with Crippen LogP contribution < -0.4 is 0 Å². The maximum Gasteiger partial charge on any atom is 0.164 e. The average molecular weight is 632 g/mol. The SMILES string of the molecule is CC1c2ccccc2C=CC1c1nc(-c2cccc3oc4ccccc4c23)nc(-c2ccc(-c3ccccc3)c3oc4ccccc4c23)n1. The monoisotopic (exact) mass is 631 g/mol. The molecule has 3 heterocycles. The number of hydrogen-bond donors (Lipinski definition) is 0. The van der Waals surface area contributed by atoms with E-state index in [1.807, 2.05) is 48.5 Å². The number of hydrogen-bond acceptors (Lipinski definition) is 5. The van der Waals surface area contributed by atoms with Gasteiger partial charge in [0, 0.05) is 44.2 Å². The van der Waals surface area contributed by atoms with E-state index in [1.165, 1.54) is 11.1 Å². The molecule has 49 heavy (non-hydrogen) atoms. The molecule has 0 amide bonds. The Hall–Kier alpha value is -6.33. The predicted molar refractivity (Wildman–Crippen MR) is 197 cm³/mol. The lowest BCUT2D eigenvalue weighted by molar-refractivity contribution is 0.630. The molecule has 3 aromatic heterocycles. The van der Waals surface area contributed by atoms with E-state index in [1.54, 1.807) is 0 Å². The molecule has 1 aliphatic rings. The van der Waals surface area contributed by atoms with Gasteiger partial charge in [-0.25, -0.2) is 15.0 Å². The van der Waals surface area contributed by atoms with E-state index in [9.17, 15) is 0 Å². The van der Waals surface area contributed by atoms with Crippen LogP contribution in [0.1, 0.15) is 35.7 Å². The van der Waals surface area contributed by atoms with Crippen LogP contribution in [0.3, 0.4) is 0 Å². The number of fused-ring (bicyclic) bond motifs is 7. The van der Waals surface area contributed by atoms with E-state index in [0.717, 1.165) is 72.0 Å². The number of furan rings is 2. The van der Waals surface area contributed by atoms with Crippen LogP contribution in [0.4, 0.5) is 0 Å². The van der Waals surface area contributed by atoms with E-state index in [-0.39, 0.29) is 11.8 Å². The molecule has 0 bridgehead atoms. The minimum atomic E-state index is -0.0455. The summed E-state index contributed by atoms with van der Waals surface area (Å²) in [5.41, 5.74) is 9.74. The number of para-hydroxylation sites is 2. The molecule has 9 aromatic rings. The second-order valence-electron chi connectivity index (χ2n) is 12.7. The van der Waals surface area contributed by atoms with Crippen LogP contribution in [-0.4, -0.2) is 15.0 Å². The Bertz CT molecular complexity index is 2760. The van der Waals surface area contributed by atoms with Crippen LogP contribution in [0, 0.1) is 0 Å². The largest absolute Gasteiger partial charge is 0.456 e. The second kappa shape index (κ2) is 10.9. The summed E-state index contributed by atoms with van der Waals surface area (Å²) in [7, 11) is 0. The molecule has 5 heteroatoms. The quantitative estimate of drug-likeness (QED) is 0.193. The number of aromatic nitrogens is 3. The molecule has 6 aromatic carbocycles. The molecule has 5 nitrogen and oxygen atoms in total. The predicted octanol–water partition coefficient (Wildman–Crippen LogP) is 11.6. The van der Waals surface area contributed by atoms with Crippen molar-refractivity contribution in [3.05, 3.63) is 156 Å². The van der Waals surface area contributed by atoms with Gasteiger partial charge < -0.3 is 8.83 Å². The van der Waals surface area contributed by atoms with Gasteiger partial charge in [-0.1, -0.05) is 122 Å². The van der Waals surface area contributed by atoms with Gasteiger partial charge in [-0.15, -0.1) is 0 Å². The third-order valence-electron chi connectivity index (χ3n) is 9.95. The van der Waals surface area contributed by atoms with Crippen molar-refractivity contribution < 1.29 is 8.83 Å². The van der Waals surface area contributed by atoms with Gasteiger partial charge in [0.1, 0.15) is 28.2 Å². The average Bonchev–Trinajstić information content (AvgIpc) is 3.74. The molecule has 232 valence electrons. The summed E-state index contributed by atoms with van der Waals surface area (Å²) in [4.78, 5) is 15.9. The van der Waals surface area contributed by atoms with Gasteiger partial charge in [-0.3, -0.25) is 0 Å². The minimum Gasteiger partial charge on any atom is -0.456 e. The first-order valence-corrected chi connectivity index (χ1v) is 16.6. The molecule has 2 unspecified atom stereocenters. The summed E-state index contributed by atoms with van der Waals surface area (Å²) in [5, 5.41) is 4.05. The highest BCUT2D eigenvalue weighted by atomic mass is 16.3. The fourth-order valence-corrected chi connectivity index (χ4v) is 7.56. The normalized spacial score (nSPS) is 15.8. The zero-order valence-corrected chi connectivity index (χ0v) is 26.7. The van der Waals surface area contributed by atoms with Crippen molar-refractivity contribution in [1.29, 1.82) is 0 Å². The Morgan fingerprint density at radius 2 is 1.14 bits per heavy atom. The van der Waals surface area contributed by atoms with Gasteiger partial charge in [0.05, 0.1) is 0 Å². The number of benzene rings is 6. The van der Waals surface area contributed by atoms with Crippen LogP contribution in [0.2, 0.25) is 0 Å². The van der Waals surface area contributed by atoms with Crippen molar-refractivity contribution >= 4 is 50.0 Å².